The van der Waals surface area contributed by atoms with E-state index in [2.05, 4.69) is 17.6 Å². The van der Waals surface area contributed by atoms with Gasteiger partial charge in [-0.2, -0.15) is 0 Å². The molecule has 4 atom stereocenters. The second-order valence-electron chi connectivity index (χ2n) is 11.7. The van der Waals surface area contributed by atoms with E-state index in [4.69, 9.17) is 4.74 Å². The summed E-state index contributed by atoms with van der Waals surface area (Å²) in [5.41, 5.74) is 3.94. The van der Waals surface area contributed by atoms with Gasteiger partial charge in [0.15, 0.2) is 0 Å². The molecule has 0 bridgehead atoms. The first-order chi connectivity index (χ1) is 19.9. The molecule has 222 valence electrons. The van der Waals surface area contributed by atoms with Gasteiger partial charge in [0, 0.05) is 23.7 Å². The van der Waals surface area contributed by atoms with Crippen molar-refractivity contribution in [2.24, 2.45) is 11.8 Å². The molecule has 4 unspecified atom stereocenters. The highest BCUT2D eigenvalue weighted by molar-refractivity contribution is 6.10. The molecular weight excluding hydrogens is 528 g/mol. The van der Waals surface area contributed by atoms with Crippen LogP contribution in [0, 0.1) is 39.5 Å². The van der Waals surface area contributed by atoms with Crippen LogP contribution in [0.4, 0.5) is 11.4 Å². The fraction of sp³-hybridized carbons (Fsp3) is 0.400. The summed E-state index contributed by atoms with van der Waals surface area (Å²) in [5, 5.41) is 17.6. The molecule has 0 aromatic heterocycles. The molecule has 3 aromatic carbocycles. The Bertz CT molecular complexity index is 1480. The van der Waals surface area contributed by atoms with Gasteiger partial charge < -0.3 is 20.5 Å². The highest BCUT2D eigenvalue weighted by atomic mass is 16.5. The summed E-state index contributed by atoms with van der Waals surface area (Å²) in [4.78, 5) is 41.8. The Morgan fingerprint density at radius 2 is 1.48 bits per heavy atom. The fourth-order valence-corrected chi connectivity index (χ4v) is 5.83. The van der Waals surface area contributed by atoms with Crippen molar-refractivity contribution in [1.82, 2.24) is 0 Å². The van der Waals surface area contributed by atoms with Gasteiger partial charge in [0.25, 0.3) is 0 Å². The lowest BCUT2D eigenvalue weighted by molar-refractivity contribution is -0.150. The van der Waals surface area contributed by atoms with Crippen molar-refractivity contribution in [2.75, 3.05) is 17.2 Å². The van der Waals surface area contributed by atoms with Crippen LogP contribution in [0.2, 0.25) is 0 Å². The van der Waals surface area contributed by atoms with Crippen molar-refractivity contribution in [2.45, 2.75) is 72.3 Å². The number of ether oxygens (including phenoxy) is 1. The average Bonchev–Trinajstić information content (AvgIpc) is 2.93. The predicted octanol–water partition coefficient (Wildman–Crippen LogP) is 6.42. The minimum atomic E-state index is -1.70. The van der Waals surface area contributed by atoms with Gasteiger partial charge in [-0.15, -0.1) is 0 Å². The number of carbonyl (C=O) groups is 3. The summed E-state index contributed by atoms with van der Waals surface area (Å²) in [6, 6.07) is 18.4. The molecule has 42 heavy (non-hydrogen) atoms. The number of rotatable bonds is 9. The van der Waals surface area contributed by atoms with E-state index >= 15 is 0 Å². The molecule has 0 spiro atoms. The van der Waals surface area contributed by atoms with E-state index in [-0.39, 0.29) is 6.42 Å². The lowest BCUT2D eigenvalue weighted by atomic mass is 9.61. The molecule has 0 saturated heterocycles. The van der Waals surface area contributed by atoms with Crippen LogP contribution in [-0.2, 0) is 14.4 Å². The Morgan fingerprint density at radius 1 is 0.905 bits per heavy atom. The van der Waals surface area contributed by atoms with E-state index in [1.807, 2.05) is 64.1 Å². The second-order valence-corrected chi connectivity index (χ2v) is 11.7. The first-order valence-corrected chi connectivity index (χ1v) is 14.7. The molecule has 2 amide bonds. The minimum absolute atomic E-state index is 0.327. The van der Waals surface area contributed by atoms with Crippen molar-refractivity contribution < 1.29 is 24.2 Å². The fourth-order valence-electron chi connectivity index (χ4n) is 5.83. The van der Waals surface area contributed by atoms with Gasteiger partial charge in [-0.05, 0) is 93.1 Å². The van der Waals surface area contributed by atoms with E-state index in [1.54, 1.807) is 24.3 Å². The van der Waals surface area contributed by atoms with Crippen LogP contribution in [0.3, 0.4) is 0 Å². The van der Waals surface area contributed by atoms with E-state index in [9.17, 15) is 19.5 Å². The van der Waals surface area contributed by atoms with Crippen LogP contribution < -0.4 is 15.4 Å². The number of carbonyl (C=O) groups excluding carboxylic acids is 3. The molecule has 1 aliphatic carbocycles. The number of hydrogen-bond donors (Lipinski definition) is 3. The zero-order chi connectivity index (χ0) is 30.6. The zero-order valence-electron chi connectivity index (χ0n) is 25.4. The molecule has 4 rings (SSSR count). The van der Waals surface area contributed by atoms with Crippen molar-refractivity contribution >= 4 is 29.0 Å². The maximum Gasteiger partial charge on any atom is 0.235 e. The van der Waals surface area contributed by atoms with Gasteiger partial charge in [-0.3, -0.25) is 14.4 Å². The number of unbranched alkanes of at least 4 members (excludes halogenated alkanes) is 1. The molecule has 7 heteroatoms. The van der Waals surface area contributed by atoms with Gasteiger partial charge in [-0.25, -0.2) is 0 Å². The number of nitrogens with one attached hydrogen (secondary N) is 2. The molecule has 0 aliphatic heterocycles. The van der Waals surface area contributed by atoms with Gasteiger partial charge in [0.05, 0.1) is 18.1 Å². The van der Waals surface area contributed by atoms with Crippen molar-refractivity contribution in [1.29, 1.82) is 0 Å². The molecule has 1 aliphatic rings. The summed E-state index contributed by atoms with van der Waals surface area (Å²) in [6.07, 6.45) is 1.52. The summed E-state index contributed by atoms with van der Waals surface area (Å²) >= 11 is 0. The van der Waals surface area contributed by atoms with Gasteiger partial charge >= 0.3 is 0 Å². The van der Waals surface area contributed by atoms with E-state index < -0.39 is 41.0 Å². The normalized spacial score (nSPS) is 22.0. The van der Waals surface area contributed by atoms with Crippen molar-refractivity contribution in [3.8, 4) is 5.75 Å². The maximum atomic E-state index is 14.1. The predicted molar refractivity (Wildman–Crippen MR) is 166 cm³/mol. The molecule has 0 heterocycles. The van der Waals surface area contributed by atoms with Crippen LogP contribution in [0.25, 0.3) is 0 Å². The molecular formula is C35H42N2O5. The van der Waals surface area contributed by atoms with E-state index in [0.29, 0.717) is 29.3 Å². The number of ketones is 1. The maximum absolute atomic E-state index is 14.1. The topological polar surface area (TPSA) is 105 Å². The van der Waals surface area contributed by atoms with Gasteiger partial charge in [-0.1, -0.05) is 49.7 Å². The third-order valence-corrected chi connectivity index (χ3v) is 8.57. The largest absolute Gasteiger partial charge is 0.494 e. The first kappa shape index (κ1) is 31.0. The van der Waals surface area contributed by atoms with E-state index in [1.165, 1.54) is 6.92 Å². The molecule has 0 radical (unpaired) electrons. The smallest absolute Gasteiger partial charge is 0.235 e. The molecule has 1 saturated carbocycles. The number of Topliss-reactive ketones (excluding diaryl/α,β-unsaturated/α-hetero) is 1. The standard InChI is InChI=1S/C35H42N2O5/c1-7-8-18-42-26-15-11-14-25(19-26)30-31(33(39)36-27-16-9-12-21(2)23(27)4)29(38)20-35(6,41)32(30)34(40)37-28-17-10-13-22(3)24(28)5/h9-17,19,30-32,41H,7-8,18,20H2,1-6H3,(H,36,39)(H,37,40). The lowest BCUT2D eigenvalue weighted by Gasteiger charge is -2.44. The quantitative estimate of drug-likeness (QED) is 0.204. The van der Waals surface area contributed by atoms with Crippen LogP contribution >= 0.6 is 0 Å². The summed E-state index contributed by atoms with van der Waals surface area (Å²) < 4.78 is 5.95. The summed E-state index contributed by atoms with van der Waals surface area (Å²) in [5.74, 6) is -4.03. The highest BCUT2D eigenvalue weighted by Gasteiger charge is 2.56. The lowest BCUT2D eigenvalue weighted by Crippen LogP contribution is -2.56. The molecule has 3 aromatic rings. The number of anilines is 2. The third kappa shape index (κ3) is 6.57. The molecule has 7 nitrogen and oxygen atoms in total. The Hall–Kier alpha value is -3.97. The minimum Gasteiger partial charge on any atom is -0.494 e. The first-order valence-electron chi connectivity index (χ1n) is 14.7. The van der Waals surface area contributed by atoms with Gasteiger partial charge in [0.1, 0.15) is 17.5 Å². The van der Waals surface area contributed by atoms with Crippen LogP contribution in [0.5, 0.6) is 5.75 Å². The van der Waals surface area contributed by atoms with E-state index in [0.717, 1.165) is 35.1 Å². The Labute approximate surface area is 248 Å². The number of aliphatic hydroxyl groups is 1. The Morgan fingerprint density at radius 3 is 2.07 bits per heavy atom. The van der Waals surface area contributed by atoms with Crippen LogP contribution in [-0.4, -0.2) is 34.9 Å². The molecule has 1 fully saturated rings. The highest BCUT2D eigenvalue weighted by Crippen LogP contribution is 2.47. The number of hydrogen-bond acceptors (Lipinski definition) is 5. The molecule has 3 N–H and O–H groups in total. The second kappa shape index (κ2) is 12.9. The number of benzene rings is 3. The Kier molecular flexibility index (Phi) is 9.52. The zero-order valence-corrected chi connectivity index (χ0v) is 25.4. The average molecular weight is 571 g/mol. The summed E-state index contributed by atoms with van der Waals surface area (Å²) in [6.45, 7) is 11.8. The number of amides is 2. The SMILES string of the molecule is CCCCOc1cccc(C2C(C(=O)Nc3cccc(C)c3C)C(=O)CC(C)(O)C2C(=O)Nc2cccc(C)c2C)c1. The van der Waals surface area contributed by atoms with Crippen LogP contribution in [0.1, 0.15) is 66.8 Å². The Balaban J connectivity index is 1.80. The number of aryl methyl sites for hydroxylation is 2. The summed E-state index contributed by atoms with van der Waals surface area (Å²) in [7, 11) is 0. The van der Waals surface area contributed by atoms with Crippen LogP contribution in [0.15, 0.2) is 60.7 Å². The van der Waals surface area contributed by atoms with Crippen molar-refractivity contribution in [3.63, 3.8) is 0 Å². The van der Waals surface area contributed by atoms with Gasteiger partial charge in [0.2, 0.25) is 11.8 Å². The van der Waals surface area contributed by atoms with Crippen molar-refractivity contribution in [3.05, 3.63) is 88.5 Å². The third-order valence-electron chi connectivity index (χ3n) is 8.57. The monoisotopic (exact) mass is 570 g/mol.